The summed E-state index contributed by atoms with van der Waals surface area (Å²) in [6, 6.07) is 0. The summed E-state index contributed by atoms with van der Waals surface area (Å²) in [5.74, 6) is 0. The van der Waals surface area contributed by atoms with Gasteiger partial charge in [-0.3, -0.25) is 4.57 Å². The van der Waals surface area contributed by atoms with E-state index in [1.807, 2.05) is 41.9 Å². The van der Waals surface area contributed by atoms with Gasteiger partial charge >= 0.3 is 0 Å². The maximum absolute atomic E-state index is 12.1. The summed E-state index contributed by atoms with van der Waals surface area (Å²) in [7, 11) is 1.53. The Morgan fingerprint density at radius 2 is 1.36 bits per heavy atom. The normalized spacial score (nSPS) is 15.7. The van der Waals surface area contributed by atoms with Crippen molar-refractivity contribution in [3.05, 3.63) is 24.3 Å². The number of hydrogen-bond acceptors (Lipinski definition) is 6. The van der Waals surface area contributed by atoms with Crippen LogP contribution < -0.4 is 4.89 Å². The van der Waals surface area contributed by atoms with Gasteiger partial charge in [0.25, 0.3) is 7.82 Å². The van der Waals surface area contributed by atoms with Crippen LogP contribution in [0.5, 0.6) is 0 Å². The van der Waals surface area contributed by atoms with Crippen LogP contribution in [0, 0.1) is 0 Å². The lowest BCUT2D eigenvalue weighted by molar-refractivity contribution is -0.870. The first kappa shape index (κ1) is 35.5. The van der Waals surface area contributed by atoms with Gasteiger partial charge in [-0.1, -0.05) is 44.1 Å². The highest BCUT2D eigenvalue weighted by molar-refractivity contribution is 7.45. The van der Waals surface area contributed by atoms with Crippen molar-refractivity contribution >= 4 is 7.82 Å². The molecule has 0 aromatic rings. The molecule has 8 heteroatoms. The second-order valence-electron chi connectivity index (χ2n) is 11.4. The first-order valence-electron chi connectivity index (χ1n) is 13.8. The average Bonchev–Trinajstić information content (AvgIpc) is 2.75. The smallest absolute Gasteiger partial charge is 0.268 e. The fraction of sp³-hybridized carbons (Fsp3) is 0.857. The van der Waals surface area contributed by atoms with Gasteiger partial charge in [0.1, 0.15) is 19.3 Å². The zero-order valence-corrected chi connectivity index (χ0v) is 25.2. The molecule has 0 radical (unpaired) electrons. The van der Waals surface area contributed by atoms with Crippen molar-refractivity contribution in [1.82, 2.24) is 0 Å². The van der Waals surface area contributed by atoms with E-state index in [9.17, 15) is 9.46 Å². The Bertz CT molecular complexity index is 625. The van der Waals surface area contributed by atoms with Crippen LogP contribution in [0.15, 0.2) is 24.3 Å². The van der Waals surface area contributed by atoms with Crippen molar-refractivity contribution in [1.29, 1.82) is 0 Å². The first-order valence-corrected chi connectivity index (χ1v) is 15.3. The number of phosphoric ester groups is 1. The Kier molecular flexibility index (Phi) is 20.1. The zero-order chi connectivity index (χ0) is 27.3. The van der Waals surface area contributed by atoms with Crippen molar-refractivity contribution in [2.24, 2.45) is 0 Å². The standard InChI is InChI=1S/C28H56NO6P/c1-8-9-10-11-12-13-14-15-16-17-18-19-20-21-23-32-25-27(35-28(2,3)4)26-34-36(30,31)33-24-22-29(5,6)7/h10-11,16-17,27H,8-9,12-15,18-26H2,1-7H3/b11-10-,17-16-/t27-/m1/s1. The predicted octanol–water partition coefficient (Wildman–Crippen LogP) is 6.43. The fourth-order valence-corrected chi connectivity index (χ4v) is 4.00. The summed E-state index contributed by atoms with van der Waals surface area (Å²) < 4.78 is 34.5. The molecule has 0 N–H and O–H groups in total. The Balaban J connectivity index is 4.01. The summed E-state index contributed by atoms with van der Waals surface area (Å²) >= 11 is 0. The van der Waals surface area contributed by atoms with E-state index in [1.54, 1.807) is 0 Å². The van der Waals surface area contributed by atoms with Crippen LogP contribution in [0.3, 0.4) is 0 Å². The van der Waals surface area contributed by atoms with E-state index in [0.29, 0.717) is 17.6 Å². The van der Waals surface area contributed by atoms with Gasteiger partial charge in [-0.25, -0.2) is 0 Å². The van der Waals surface area contributed by atoms with E-state index in [1.165, 1.54) is 38.5 Å². The van der Waals surface area contributed by atoms with Crippen LogP contribution in [0.2, 0.25) is 0 Å². The molecule has 0 aromatic carbocycles. The molecule has 214 valence electrons. The van der Waals surface area contributed by atoms with E-state index in [2.05, 4.69) is 31.2 Å². The summed E-state index contributed by atoms with van der Waals surface area (Å²) in [5.41, 5.74) is -0.438. The topological polar surface area (TPSA) is 77.1 Å². The monoisotopic (exact) mass is 533 g/mol. The SMILES string of the molecule is CCC/C=C\CCCC/C=C\CCCCCOC[C@H](COP(=O)([O-])OCC[N+](C)(C)C)OC(C)(C)C. The summed E-state index contributed by atoms with van der Waals surface area (Å²) in [6.45, 7) is 9.40. The Hall–Kier alpha value is -0.530. The van der Waals surface area contributed by atoms with Gasteiger partial charge in [-0.15, -0.1) is 0 Å². The Labute approximate surface area is 222 Å². The van der Waals surface area contributed by atoms with E-state index in [0.717, 1.165) is 25.7 Å². The van der Waals surface area contributed by atoms with Gasteiger partial charge in [0.2, 0.25) is 0 Å². The second kappa shape index (κ2) is 20.4. The molecule has 7 nitrogen and oxygen atoms in total. The number of nitrogens with zero attached hydrogens (tertiary/aromatic N) is 1. The molecular weight excluding hydrogens is 477 g/mol. The van der Waals surface area contributed by atoms with E-state index in [4.69, 9.17) is 18.5 Å². The average molecular weight is 534 g/mol. The molecule has 0 aliphatic rings. The largest absolute Gasteiger partial charge is 0.756 e. The minimum Gasteiger partial charge on any atom is -0.756 e. The molecule has 0 spiro atoms. The fourth-order valence-electron chi connectivity index (χ4n) is 3.27. The number of phosphoric acid groups is 1. The second-order valence-corrected chi connectivity index (χ2v) is 12.8. The molecule has 36 heavy (non-hydrogen) atoms. The van der Waals surface area contributed by atoms with E-state index >= 15 is 0 Å². The number of rotatable bonds is 23. The number of hydrogen-bond donors (Lipinski definition) is 0. The molecular formula is C28H56NO6P. The van der Waals surface area contributed by atoms with Crippen LogP contribution in [0.1, 0.15) is 91.9 Å². The van der Waals surface area contributed by atoms with Crippen LogP contribution >= 0.6 is 7.82 Å². The lowest BCUT2D eigenvalue weighted by Crippen LogP contribution is -2.38. The van der Waals surface area contributed by atoms with Crippen molar-refractivity contribution < 1.29 is 32.5 Å². The molecule has 0 saturated heterocycles. The minimum absolute atomic E-state index is 0.0808. The molecule has 0 saturated carbocycles. The van der Waals surface area contributed by atoms with E-state index in [-0.39, 0.29) is 19.8 Å². The lowest BCUT2D eigenvalue weighted by Gasteiger charge is -2.31. The maximum Gasteiger partial charge on any atom is 0.268 e. The Morgan fingerprint density at radius 1 is 0.806 bits per heavy atom. The molecule has 0 aliphatic heterocycles. The van der Waals surface area contributed by atoms with Gasteiger partial charge in [-0.05, 0) is 72.1 Å². The molecule has 0 aromatic heterocycles. The number of unbranched alkanes of at least 4 members (excludes halogenated alkanes) is 7. The highest BCUT2D eigenvalue weighted by Gasteiger charge is 2.22. The van der Waals surface area contributed by atoms with Crippen LogP contribution in [0.4, 0.5) is 0 Å². The lowest BCUT2D eigenvalue weighted by atomic mass is 10.1. The zero-order valence-electron chi connectivity index (χ0n) is 24.3. The third-order valence-corrected chi connectivity index (χ3v) is 6.16. The van der Waals surface area contributed by atoms with Gasteiger partial charge in [0.05, 0.1) is 40.0 Å². The summed E-state index contributed by atoms with van der Waals surface area (Å²) in [5, 5.41) is 0. The van der Waals surface area contributed by atoms with E-state index < -0.39 is 19.5 Å². The number of allylic oxidation sites excluding steroid dienone is 4. The molecule has 0 heterocycles. The van der Waals surface area contributed by atoms with Crippen molar-refractivity contribution in [2.45, 2.75) is 104 Å². The Morgan fingerprint density at radius 3 is 1.89 bits per heavy atom. The third-order valence-electron chi connectivity index (χ3n) is 5.19. The molecule has 2 atom stereocenters. The highest BCUT2D eigenvalue weighted by Crippen LogP contribution is 2.38. The number of likely N-dealkylation sites (N-methyl/N-ethyl adjacent to an activating group) is 1. The molecule has 0 rings (SSSR count). The van der Waals surface area contributed by atoms with Gasteiger partial charge in [-0.2, -0.15) is 0 Å². The van der Waals surface area contributed by atoms with Gasteiger partial charge in [0.15, 0.2) is 0 Å². The van der Waals surface area contributed by atoms with Crippen LogP contribution in [-0.4, -0.2) is 70.3 Å². The van der Waals surface area contributed by atoms with Crippen molar-refractivity contribution in [3.63, 3.8) is 0 Å². The van der Waals surface area contributed by atoms with Crippen molar-refractivity contribution in [2.75, 3.05) is 54.1 Å². The molecule has 0 bridgehead atoms. The summed E-state index contributed by atoms with van der Waals surface area (Å²) in [6.07, 6.45) is 20.3. The molecule has 0 fully saturated rings. The van der Waals surface area contributed by atoms with Gasteiger partial charge < -0.3 is 27.9 Å². The molecule has 0 amide bonds. The predicted molar refractivity (Wildman–Crippen MR) is 148 cm³/mol. The van der Waals surface area contributed by atoms with Crippen LogP contribution in [-0.2, 0) is 23.1 Å². The van der Waals surface area contributed by atoms with Crippen molar-refractivity contribution in [3.8, 4) is 0 Å². The summed E-state index contributed by atoms with van der Waals surface area (Å²) in [4.78, 5) is 12.1. The number of ether oxygens (including phenoxy) is 2. The quantitative estimate of drug-likeness (QED) is 0.0652. The number of quaternary nitrogens is 1. The molecule has 0 aliphatic carbocycles. The minimum atomic E-state index is -4.38. The molecule has 1 unspecified atom stereocenters. The maximum atomic E-state index is 12.1. The third kappa shape index (κ3) is 26.5. The van der Waals surface area contributed by atoms with Crippen LogP contribution in [0.25, 0.3) is 0 Å². The first-order chi connectivity index (χ1) is 16.8. The van der Waals surface area contributed by atoms with Gasteiger partial charge in [0, 0.05) is 6.61 Å². The highest BCUT2D eigenvalue weighted by atomic mass is 31.2.